The zero-order valence-electron chi connectivity index (χ0n) is 16.6. The van der Waals surface area contributed by atoms with E-state index >= 15 is 0 Å². The van der Waals surface area contributed by atoms with Gasteiger partial charge in [0, 0.05) is 31.9 Å². The number of benzene rings is 2. The average molecular weight is 412 g/mol. The van der Waals surface area contributed by atoms with Gasteiger partial charge in [0.1, 0.15) is 5.82 Å². The third kappa shape index (κ3) is 6.30. The second kappa shape index (κ2) is 10.4. The first-order valence-electron chi connectivity index (χ1n) is 9.92. The van der Waals surface area contributed by atoms with Gasteiger partial charge in [0.15, 0.2) is 0 Å². The van der Waals surface area contributed by atoms with Crippen molar-refractivity contribution in [3.8, 4) is 0 Å². The van der Waals surface area contributed by atoms with Crippen LogP contribution < -0.4 is 16.0 Å². The summed E-state index contributed by atoms with van der Waals surface area (Å²) in [7, 11) is 0. The highest BCUT2D eigenvalue weighted by molar-refractivity contribution is 6.35. The van der Waals surface area contributed by atoms with Crippen LogP contribution in [0.25, 0.3) is 0 Å². The molecule has 1 aliphatic rings. The summed E-state index contributed by atoms with van der Waals surface area (Å²) in [5.41, 5.74) is 1.46. The fourth-order valence-electron chi connectivity index (χ4n) is 3.25. The molecule has 30 heavy (non-hydrogen) atoms. The lowest BCUT2D eigenvalue weighted by molar-refractivity contribution is -0.139. The van der Waals surface area contributed by atoms with Crippen LogP contribution in [0.3, 0.4) is 0 Å². The minimum atomic E-state index is -0.657. The summed E-state index contributed by atoms with van der Waals surface area (Å²) in [6.45, 7) is 1.79. The maximum atomic E-state index is 12.9. The summed E-state index contributed by atoms with van der Waals surface area (Å²) < 4.78 is 12.9. The van der Waals surface area contributed by atoms with Crippen molar-refractivity contribution in [3.63, 3.8) is 0 Å². The number of nitrogens with zero attached hydrogens (tertiary/aromatic N) is 1. The molecule has 3 N–H and O–H groups in total. The van der Waals surface area contributed by atoms with E-state index in [2.05, 4.69) is 16.0 Å². The summed E-state index contributed by atoms with van der Waals surface area (Å²) in [5.74, 6) is -1.47. The number of carbonyl (C=O) groups excluding carboxylic acids is 3. The lowest BCUT2D eigenvalue weighted by Gasteiger charge is -2.32. The fourth-order valence-corrected chi connectivity index (χ4v) is 3.25. The van der Waals surface area contributed by atoms with Crippen LogP contribution in [0.2, 0.25) is 0 Å². The maximum absolute atomic E-state index is 12.9. The molecule has 0 saturated carbocycles. The van der Waals surface area contributed by atoms with Gasteiger partial charge >= 0.3 is 17.8 Å². The number of piperidine rings is 1. The molecular weight excluding hydrogens is 387 g/mol. The number of anilines is 1. The van der Waals surface area contributed by atoms with E-state index < -0.39 is 11.8 Å². The molecule has 3 rings (SSSR count). The van der Waals surface area contributed by atoms with Crippen LogP contribution in [0.4, 0.5) is 14.9 Å². The van der Waals surface area contributed by atoms with Gasteiger partial charge in [-0.05, 0) is 48.6 Å². The first-order valence-corrected chi connectivity index (χ1v) is 9.92. The molecule has 0 bridgehead atoms. The number of likely N-dealkylation sites (tertiary alicyclic amines) is 1. The molecule has 1 aliphatic heterocycles. The van der Waals surface area contributed by atoms with E-state index in [0.29, 0.717) is 31.9 Å². The smallest absolute Gasteiger partial charge is 0.321 e. The summed E-state index contributed by atoms with van der Waals surface area (Å²) in [5, 5.41) is 8.02. The minimum absolute atomic E-state index is 0.200. The lowest BCUT2D eigenvalue weighted by atomic mass is 9.97. The topological polar surface area (TPSA) is 90.5 Å². The number of nitrogens with one attached hydrogen (secondary N) is 3. The van der Waals surface area contributed by atoms with Crippen LogP contribution in [0, 0.1) is 11.7 Å². The van der Waals surface area contributed by atoms with Gasteiger partial charge in [-0.3, -0.25) is 9.59 Å². The monoisotopic (exact) mass is 412 g/mol. The second-order valence-electron chi connectivity index (χ2n) is 7.25. The first kappa shape index (κ1) is 21.3. The molecule has 2 aromatic rings. The molecule has 0 radical (unpaired) electrons. The Bertz CT molecular complexity index is 866. The largest absolute Gasteiger partial charge is 0.348 e. The molecule has 0 spiro atoms. The quantitative estimate of drug-likeness (QED) is 0.659. The lowest BCUT2D eigenvalue weighted by Crippen LogP contribution is -2.45. The molecule has 4 amide bonds. The Morgan fingerprint density at radius 1 is 0.900 bits per heavy atom. The molecule has 1 saturated heterocycles. The van der Waals surface area contributed by atoms with Gasteiger partial charge < -0.3 is 20.9 Å². The Hall–Kier alpha value is -3.42. The molecule has 7 nitrogen and oxygen atoms in total. The molecule has 8 heteroatoms. The number of rotatable bonds is 5. The van der Waals surface area contributed by atoms with Crippen molar-refractivity contribution in [1.82, 2.24) is 15.5 Å². The third-order valence-electron chi connectivity index (χ3n) is 5.05. The average Bonchev–Trinajstić information content (AvgIpc) is 2.78. The highest BCUT2D eigenvalue weighted by Crippen LogP contribution is 2.18. The van der Waals surface area contributed by atoms with E-state index in [1.807, 2.05) is 30.3 Å². The van der Waals surface area contributed by atoms with Crippen molar-refractivity contribution in [2.45, 2.75) is 19.4 Å². The number of urea groups is 1. The van der Waals surface area contributed by atoms with E-state index in [4.69, 9.17) is 0 Å². The van der Waals surface area contributed by atoms with Crippen molar-refractivity contribution in [3.05, 3.63) is 66.0 Å². The van der Waals surface area contributed by atoms with Crippen molar-refractivity contribution in [1.29, 1.82) is 0 Å². The van der Waals surface area contributed by atoms with Crippen molar-refractivity contribution in [2.75, 3.05) is 25.0 Å². The van der Waals surface area contributed by atoms with Crippen molar-refractivity contribution >= 4 is 23.5 Å². The first-order chi connectivity index (χ1) is 14.5. The number of carbonyl (C=O) groups is 3. The predicted molar refractivity (Wildman–Crippen MR) is 111 cm³/mol. The molecule has 0 unspecified atom stereocenters. The van der Waals surface area contributed by atoms with Gasteiger partial charge in [0.2, 0.25) is 0 Å². The molecule has 1 fully saturated rings. The molecule has 0 aromatic heterocycles. The predicted octanol–water partition coefficient (Wildman–Crippen LogP) is 2.50. The van der Waals surface area contributed by atoms with Gasteiger partial charge in [-0.15, -0.1) is 0 Å². The highest BCUT2D eigenvalue weighted by Gasteiger charge is 2.24. The van der Waals surface area contributed by atoms with E-state index in [9.17, 15) is 18.8 Å². The summed E-state index contributed by atoms with van der Waals surface area (Å²) in [6.07, 6.45) is 1.45. The Balaban J connectivity index is 1.35. The van der Waals surface area contributed by atoms with Crippen LogP contribution >= 0.6 is 0 Å². The maximum Gasteiger partial charge on any atom is 0.321 e. The normalized spacial score (nSPS) is 14.1. The van der Waals surface area contributed by atoms with Crippen LogP contribution in [0.5, 0.6) is 0 Å². The van der Waals surface area contributed by atoms with Crippen molar-refractivity contribution < 1.29 is 18.8 Å². The minimum Gasteiger partial charge on any atom is -0.348 e. The molecular formula is C22H25FN4O3. The number of hydrogen-bond donors (Lipinski definition) is 3. The van der Waals surface area contributed by atoms with Gasteiger partial charge in [-0.2, -0.15) is 0 Å². The van der Waals surface area contributed by atoms with Gasteiger partial charge in [-0.25, -0.2) is 9.18 Å². The second-order valence-corrected chi connectivity index (χ2v) is 7.25. The Morgan fingerprint density at radius 2 is 1.53 bits per heavy atom. The van der Waals surface area contributed by atoms with E-state index in [1.54, 1.807) is 4.90 Å². The van der Waals surface area contributed by atoms with Crippen LogP contribution in [-0.2, 0) is 16.1 Å². The summed E-state index contributed by atoms with van der Waals surface area (Å²) in [4.78, 5) is 37.9. The van der Waals surface area contributed by atoms with Crippen molar-refractivity contribution in [2.24, 2.45) is 5.92 Å². The fraction of sp³-hybridized carbons (Fsp3) is 0.318. The van der Waals surface area contributed by atoms with Crippen LogP contribution in [-0.4, -0.2) is 42.4 Å². The van der Waals surface area contributed by atoms with Crippen LogP contribution in [0.15, 0.2) is 54.6 Å². The van der Waals surface area contributed by atoms with Crippen LogP contribution in [0.1, 0.15) is 18.4 Å². The number of amides is 4. The molecule has 2 aromatic carbocycles. The SMILES string of the molecule is O=C(NCc1ccccc1)C(=O)NCC1CCN(C(=O)Nc2ccc(F)cc2)CC1. The summed E-state index contributed by atoms with van der Waals surface area (Å²) in [6, 6.07) is 14.7. The Kier molecular flexibility index (Phi) is 7.37. The Labute approximate surface area is 174 Å². The number of halogens is 1. The molecule has 0 atom stereocenters. The standard InChI is InChI=1S/C22H25FN4O3/c23-18-6-8-19(9-7-18)26-22(30)27-12-10-17(11-13-27)15-25-21(29)20(28)24-14-16-4-2-1-3-5-16/h1-9,17H,10-15H2,(H,24,28)(H,25,29)(H,26,30). The Morgan fingerprint density at radius 3 is 2.20 bits per heavy atom. The third-order valence-corrected chi connectivity index (χ3v) is 5.05. The zero-order valence-corrected chi connectivity index (χ0v) is 16.6. The molecule has 1 heterocycles. The summed E-state index contributed by atoms with van der Waals surface area (Å²) >= 11 is 0. The highest BCUT2D eigenvalue weighted by atomic mass is 19.1. The number of hydrogen-bond acceptors (Lipinski definition) is 3. The van der Waals surface area contributed by atoms with E-state index in [0.717, 1.165) is 18.4 Å². The molecule has 0 aliphatic carbocycles. The van der Waals surface area contributed by atoms with Gasteiger partial charge in [-0.1, -0.05) is 30.3 Å². The zero-order chi connectivity index (χ0) is 21.3. The van der Waals surface area contributed by atoms with E-state index in [1.165, 1.54) is 24.3 Å². The van der Waals surface area contributed by atoms with E-state index in [-0.39, 0.29) is 17.8 Å². The molecule has 158 valence electrons. The van der Waals surface area contributed by atoms with Gasteiger partial charge in [0.25, 0.3) is 0 Å². The van der Waals surface area contributed by atoms with Gasteiger partial charge in [0.05, 0.1) is 0 Å².